The Morgan fingerprint density at radius 1 is 0.971 bits per heavy atom. The van der Waals surface area contributed by atoms with E-state index < -0.39 is 5.41 Å². The van der Waals surface area contributed by atoms with Crippen LogP contribution in [0.3, 0.4) is 0 Å². The molecule has 4 saturated carbocycles. The van der Waals surface area contributed by atoms with E-state index in [1.807, 2.05) is 0 Å². The van der Waals surface area contributed by atoms with Crippen molar-refractivity contribution >= 4 is 11.8 Å². The quantitative estimate of drug-likeness (QED) is 0.285. The largest absolute Gasteiger partial charge is 0.469 e. The summed E-state index contributed by atoms with van der Waals surface area (Å²) in [6, 6.07) is 0. The summed E-state index contributed by atoms with van der Waals surface area (Å²) in [4.78, 5) is 27.2. The topological polar surface area (TPSA) is 43.4 Å². The summed E-state index contributed by atoms with van der Waals surface area (Å²) >= 11 is 0. The van der Waals surface area contributed by atoms with Crippen LogP contribution in [0.5, 0.6) is 0 Å². The molecule has 0 aromatic heterocycles. The van der Waals surface area contributed by atoms with Crippen molar-refractivity contribution in [2.45, 2.75) is 106 Å². The van der Waals surface area contributed by atoms with Gasteiger partial charge in [-0.2, -0.15) is 0 Å². The third-order valence-corrected chi connectivity index (χ3v) is 13.3. The molecule has 0 unspecified atom stereocenters. The number of esters is 1. The number of ether oxygens (including phenoxy) is 1. The number of fused-ring (bicyclic) bond motifs is 7. The Morgan fingerprint density at radius 3 is 2.29 bits per heavy atom. The minimum atomic E-state index is -0.462. The zero-order valence-corrected chi connectivity index (χ0v) is 23.6. The third-order valence-electron chi connectivity index (χ3n) is 13.3. The standard InChI is InChI=1S/C32H48O3/c1-20-10-12-30(6)24(27(20,2)3)11-13-32(8)25(30)23(33)18-21-22-19-29(5,26(34)35-9)15-14-28(22,4)16-17-31(21,32)7/h18,22,24-25H,1,10-17,19H2,2-9H3/t22-,24-,25+,28+,29-,30-,31+,32+/m0/s1. The van der Waals surface area contributed by atoms with Gasteiger partial charge in [0.25, 0.3) is 0 Å². The van der Waals surface area contributed by atoms with Crippen LogP contribution in [0.15, 0.2) is 23.8 Å². The van der Waals surface area contributed by atoms with E-state index in [-0.39, 0.29) is 44.9 Å². The van der Waals surface area contributed by atoms with Gasteiger partial charge in [-0.15, -0.1) is 0 Å². The van der Waals surface area contributed by atoms with Gasteiger partial charge < -0.3 is 4.74 Å². The lowest BCUT2D eigenvalue weighted by atomic mass is 9.33. The van der Waals surface area contributed by atoms with Crippen molar-refractivity contribution in [1.82, 2.24) is 0 Å². The smallest absolute Gasteiger partial charge is 0.311 e. The first-order valence-corrected chi connectivity index (χ1v) is 14.1. The zero-order chi connectivity index (χ0) is 25.8. The number of hydrogen-bond donors (Lipinski definition) is 0. The highest BCUT2D eigenvalue weighted by Crippen LogP contribution is 2.75. The molecule has 0 radical (unpaired) electrons. The van der Waals surface area contributed by atoms with Gasteiger partial charge in [-0.25, -0.2) is 0 Å². The van der Waals surface area contributed by atoms with E-state index in [0.717, 1.165) is 44.9 Å². The number of allylic oxidation sites excluding steroid dienone is 3. The lowest BCUT2D eigenvalue weighted by Crippen LogP contribution is -2.65. The molecule has 5 rings (SSSR count). The van der Waals surface area contributed by atoms with Crippen LogP contribution < -0.4 is 0 Å². The maximum absolute atomic E-state index is 14.3. The van der Waals surface area contributed by atoms with Gasteiger partial charge >= 0.3 is 5.97 Å². The van der Waals surface area contributed by atoms with Crippen LogP contribution >= 0.6 is 0 Å². The second-order valence-electron chi connectivity index (χ2n) is 15.1. The van der Waals surface area contributed by atoms with Crippen LogP contribution in [0.4, 0.5) is 0 Å². The predicted octanol–water partition coefficient (Wildman–Crippen LogP) is 7.70. The van der Waals surface area contributed by atoms with Gasteiger partial charge in [0, 0.05) is 5.92 Å². The van der Waals surface area contributed by atoms with Crippen molar-refractivity contribution in [3.8, 4) is 0 Å². The first kappa shape index (κ1) is 25.3. The monoisotopic (exact) mass is 480 g/mol. The summed E-state index contributed by atoms with van der Waals surface area (Å²) in [6.45, 7) is 21.1. The highest BCUT2D eigenvalue weighted by atomic mass is 16.5. The van der Waals surface area contributed by atoms with E-state index in [1.54, 1.807) is 0 Å². The maximum Gasteiger partial charge on any atom is 0.311 e. The van der Waals surface area contributed by atoms with Crippen LogP contribution in [0.25, 0.3) is 0 Å². The van der Waals surface area contributed by atoms with Gasteiger partial charge in [0.15, 0.2) is 5.78 Å². The molecule has 0 aliphatic heterocycles. The van der Waals surface area contributed by atoms with E-state index in [4.69, 9.17) is 4.74 Å². The molecular weight excluding hydrogens is 432 g/mol. The average Bonchev–Trinajstić information content (AvgIpc) is 2.78. The van der Waals surface area contributed by atoms with Gasteiger partial charge in [-0.3, -0.25) is 9.59 Å². The Balaban J connectivity index is 1.62. The predicted molar refractivity (Wildman–Crippen MR) is 141 cm³/mol. The van der Waals surface area contributed by atoms with E-state index >= 15 is 0 Å². The Morgan fingerprint density at radius 2 is 1.63 bits per heavy atom. The first-order valence-electron chi connectivity index (χ1n) is 14.1. The molecule has 4 fully saturated rings. The lowest BCUT2D eigenvalue weighted by Gasteiger charge is -2.70. The van der Waals surface area contributed by atoms with Crippen molar-refractivity contribution in [3.63, 3.8) is 0 Å². The van der Waals surface area contributed by atoms with E-state index in [1.165, 1.54) is 31.1 Å². The van der Waals surface area contributed by atoms with E-state index in [9.17, 15) is 9.59 Å². The molecular formula is C32H48O3. The summed E-state index contributed by atoms with van der Waals surface area (Å²) in [5, 5.41) is 0. The summed E-state index contributed by atoms with van der Waals surface area (Å²) in [5.41, 5.74) is 2.47. The number of carbonyl (C=O) groups excluding carboxylic acids is 2. The van der Waals surface area contributed by atoms with Gasteiger partial charge in [-0.1, -0.05) is 59.3 Å². The molecule has 35 heavy (non-hydrogen) atoms. The molecule has 0 N–H and O–H groups in total. The lowest BCUT2D eigenvalue weighted by molar-refractivity contribution is -0.180. The Bertz CT molecular complexity index is 1020. The number of hydrogen-bond acceptors (Lipinski definition) is 3. The van der Waals surface area contributed by atoms with Crippen LogP contribution in [0.2, 0.25) is 0 Å². The van der Waals surface area contributed by atoms with Crippen LogP contribution in [0, 0.1) is 50.2 Å². The SMILES string of the molecule is C=C1CC[C@]2(C)[C@H]3C(=O)C=C4[C@@H]5C[C@@](C)(C(=O)OC)CC[C@]5(C)CC[C@@]4(C)[C@]3(C)CC[C@H]2C1(C)C. The molecule has 8 atom stereocenters. The molecule has 0 heterocycles. The fourth-order valence-corrected chi connectivity index (χ4v) is 10.5. The molecule has 0 aromatic rings. The van der Waals surface area contributed by atoms with Crippen molar-refractivity contribution in [1.29, 1.82) is 0 Å². The normalized spacial score (nSPS) is 50.7. The molecule has 3 heteroatoms. The fraction of sp³-hybridized carbons (Fsp3) is 0.812. The molecule has 0 spiro atoms. The van der Waals surface area contributed by atoms with E-state index in [2.05, 4.69) is 61.1 Å². The summed E-state index contributed by atoms with van der Waals surface area (Å²) < 4.78 is 5.26. The molecule has 0 amide bonds. The number of ketones is 1. The van der Waals surface area contributed by atoms with Gasteiger partial charge in [0.2, 0.25) is 0 Å². The second kappa shape index (κ2) is 7.35. The van der Waals surface area contributed by atoms with Crippen molar-refractivity contribution < 1.29 is 14.3 Å². The van der Waals surface area contributed by atoms with Crippen LogP contribution in [-0.4, -0.2) is 18.9 Å². The Hall–Kier alpha value is -1.38. The Kier molecular flexibility index (Phi) is 5.31. The number of carbonyl (C=O) groups is 2. The van der Waals surface area contributed by atoms with Gasteiger partial charge in [-0.05, 0) is 110 Å². The molecule has 5 aliphatic carbocycles. The molecule has 0 bridgehead atoms. The second-order valence-corrected chi connectivity index (χ2v) is 15.1. The number of rotatable bonds is 1. The van der Waals surface area contributed by atoms with Crippen molar-refractivity contribution in [2.75, 3.05) is 7.11 Å². The fourth-order valence-electron chi connectivity index (χ4n) is 10.5. The molecule has 5 aliphatic rings. The van der Waals surface area contributed by atoms with Crippen LogP contribution in [0.1, 0.15) is 106 Å². The highest BCUT2D eigenvalue weighted by Gasteiger charge is 2.69. The number of methoxy groups -OCH3 is 1. The Labute approximate surface area is 213 Å². The van der Waals surface area contributed by atoms with E-state index in [0.29, 0.717) is 11.7 Å². The molecule has 0 saturated heterocycles. The van der Waals surface area contributed by atoms with Gasteiger partial charge in [0.05, 0.1) is 12.5 Å². The molecule has 194 valence electrons. The molecule has 3 nitrogen and oxygen atoms in total. The average molecular weight is 481 g/mol. The summed E-state index contributed by atoms with van der Waals surface area (Å²) in [7, 11) is 1.51. The van der Waals surface area contributed by atoms with Gasteiger partial charge in [0.1, 0.15) is 0 Å². The summed E-state index contributed by atoms with van der Waals surface area (Å²) in [5.74, 6) is 1.12. The summed E-state index contributed by atoms with van der Waals surface area (Å²) in [6.07, 6.45) is 11.5. The first-order chi connectivity index (χ1) is 16.1. The van der Waals surface area contributed by atoms with Crippen molar-refractivity contribution in [3.05, 3.63) is 23.8 Å². The molecule has 0 aromatic carbocycles. The third kappa shape index (κ3) is 3.02. The van der Waals surface area contributed by atoms with Crippen molar-refractivity contribution in [2.24, 2.45) is 50.2 Å². The minimum absolute atomic E-state index is 0.00327. The zero-order valence-electron chi connectivity index (χ0n) is 23.6. The van der Waals surface area contributed by atoms with Crippen LogP contribution in [-0.2, 0) is 14.3 Å². The highest BCUT2D eigenvalue weighted by molar-refractivity contribution is 5.95. The minimum Gasteiger partial charge on any atom is -0.469 e. The maximum atomic E-state index is 14.3.